The molecular weight excluding hydrogens is 318 g/mol. The Labute approximate surface area is 147 Å². The first-order chi connectivity index (χ1) is 12.2. The second kappa shape index (κ2) is 6.88. The lowest BCUT2D eigenvalue weighted by molar-refractivity contribution is 0.0774. The summed E-state index contributed by atoms with van der Waals surface area (Å²) in [5.41, 5.74) is 2.69. The van der Waals surface area contributed by atoms with Crippen LogP contribution in [0.4, 0.5) is 5.69 Å². The van der Waals surface area contributed by atoms with Crippen molar-refractivity contribution in [3.63, 3.8) is 0 Å². The van der Waals surface area contributed by atoms with E-state index in [4.69, 9.17) is 9.26 Å². The maximum Gasteiger partial charge on any atom is 0.276 e. The zero-order valence-corrected chi connectivity index (χ0v) is 14.5. The maximum absolute atomic E-state index is 12.5. The fourth-order valence-electron chi connectivity index (χ4n) is 3.13. The van der Waals surface area contributed by atoms with Crippen LogP contribution in [-0.2, 0) is 11.3 Å². The molecule has 1 amide bonds. The number of aromatic nitrogens is 1. The molecule has 2 aromatic rings. The zero-order valence-electron chi connectivity index (χ0n) is 14.5. The van der Waals surface area contributed by atoms with Gasteiger partial charge in [0.05, 0.1) is 13.2 Å². The van der Waals surface area contributed by atoms with Crippen LogP contribution in [0.2, 0.25) is 0 Å². The molecule has 2 heterocycles. The van der Waals surface area contributed by atoms with Crippen LogP contribution in [0.1, 0.15) is 40.6 Å². The third-order valence-electron chi connectivity index (χ3n) is 4.81. The number of carbonyl (C=O) groups excluding carboxylic acids is 1. The minimum absolute atomic E-state index is 0.104. The summed E-state index contributed by atoms with van der Waals surface area (Å²) in [6.07, 6.45) is 2.27. The molecule has 1 aliphatic heterocycles. The second-order valence-electron chi connectivity index (χ2n) is 6.82. The number of hydrogen-bond donors (Lipinski definition) is 0. The lowest BCUT2D eigenvalue weighted by Crippen LogP contribution is -2.36. The molecule has 132 valence electrons. The summed E-state index contributed by atoms with van der Waals surface area (Å²) < 4.78 is 10.7. The van der Waals surface area contributed by atoms with Gasteiger partial charge >= 0.3 is 0 Å². The van der Waals surface area contributed by atoms with E-state index in [-0.39, 0.29) is 5.91 Å². The topological polar surface area (TPSA) is 58.8 Å². The number of amides is 1. The van der Waals surface area contributed by atoms with E-state index in [1.54, 1.807) is 18.0 Å². The van der Waals surface area contributed by atoms with Crippen molar-refractivity contribution < 1.29 is 14.1 Å². The Morgan fingerprint density at radius 2 is 1.96 bits per heavy atom. The predicted molar refractivity (Wildman–Crippen MR) is 93.7 cm³/mol. The van der Waals surface area contributed by atoms with Gasteiger partial charge in [0.25, 0.3) is 5.91 Å². The van der Waals surface area contributed by atoms with Crippen molar-refractivity contribution in [3.05, 3.63) is 47.3 Å². The fourth-order valence-corrected chi connectivity index (χ4v) is 3.13. The van der Waals surface area contributed by atoms with E-state index in [9.17, 15) is 4.79 Å². The third-order valence-corrected chi connectivity index (χ3v) is 4.81. The molecule has 1 aromatic heterocycles. The van der Waals surface area contributed by atoms with Gasteiger partial charge in [0.15, 0.2) is 5.69 Å². The van der Waals surface area contributed by atoms with Crippen molar-refractivity contribution in [2.75, 3.05) is 38.3 Å². The van der Waals surface area contributed by atoms with E-state index in [1.807, 2.05) is 0 Å². The van der Waals surface area contributed by atoms with Gasteiger partial charge in [-0.3, -0.25) is 4.79 Å². The van der Waals surface area contributed by atoms with Gasteiger partial charge in [-0.1, -0.05) is 17.3 Å². The molecule has 1 saturated carbocycles. The summed E-state index contributed by atoms with van der Waals surface area (Å²) in [5.74, 6) is 1.20. The molecule has 1 saturated heterocycles. The average molecular weight is 341 g/mol. The zero-order chi connectivity index (χ0) is 17.2. The number of nitrogens with zero attached hydrogens (tertiary/aromatic N) is 3. The highest BCUT2D eigenvalue weighted by molar-refractivity contribution is 5.92. The van der Waals surface area contributed by atoms with E-state index in [2.05, 4.69) is 34.3 Å². The second-order valence-corrected chi connectivity index (χ2v) is 6.82. The Balaban J connectivity index is 1.37. The number of hydrogen-bond acceptors (Lipinski definition) is 5. The molecule has 2 aliphatic rings. The molecule has 6 heteroatoms. The van der Waals surface area contributed by atoms with Gasteiger partial charge in [0.1, 0.15) is 5.76 Å². The summed E-state index contributed by atoms with van der Waals surface area (Å²) in [7, 11) is 1.80. The van der Waals surface area contributed by atoms with Crippen LogP contribution in [0, 0.1) is 0 Å². The van der Waals surface area contributed by atoms with Gasteiger partial charge in [0.2, 0.25) is 0 Å². The summed E-state index contributed by atoms with van der Waals surface area (Å²) in [6.45, 7) is 3.95. The molecule has 0 radical (unpaired) electrons. The van der Waals surface area contributed by atoms with Crippen molar-refractivity contribution in [1.29, 1.82) is 0 Å². The van der Waals surface area contributed by atoms with Crippen LogP contribution in [0.15, 0.2) is 34.9 Å². The molecule has 0 unspecified atom stereocenters. The van der Waals surface area contributed by atoms with Crippen LogP contribution >= 0.6 is 0 Å². The van der Waals surface area contributed by atoms with E-state index >= 15 is 0 Å². The molecule has 6 nitrogen and oxygen atoms in total. The molecule has 0 spiro atoms. The van der Waals surface area contributed by atoms with Crippen LogP contribution in [0.3, 0.4) is 0 Å². The summed E-state index contributed by atoms with van der Waals surface area (Å²) in [4.78, 5) is 16.5. The standard InChI is InChI=1S/C19H23N3O3/c1-21(19(23)17-12-18(25-20-17)15-4-5-15)13-14-2-6-16(7-3-14)22-8-10-24-11-9-22/h2-3,6-7,12,15H,4-5,8-11,13H2,1H3. The third kappa shape index (κ3) is 3.69. The van der Waals surface area contributed by atoms with Gasteiger partial charge in [-0.25, -0.2) is 0 Å². The average Bonchev–Trinajstić information content (AvgIpc) is 3.39. The largest absolute Gasteiger partial charge is 0.378 e. The maximum atomic E-state index is 12.5. The van der Waals surface area contributed by atoms with Crippen LogP contribution in [-0.4, -0.2) is 49.3 Å². The number of benzene rings is 1. The van der Waals surface area contributed by atoms with Crippen molar-refractivity contribution >= 4 is 11.6 Å². The highest BCUT2D eigenvalue weighted by Crippen LogP contribution is 2.40. The lowest BCUT2D eigenvalue weighted by atomic mass is 10.1. The Morgan fingerprint density at radius 1 is 1.24 bits per heavy atom. The Kier molecular flexibility index (Phi) is 4.44. The molecule has 0 atom stereocenters. The fraction of sp³-hybridized carbons (Fsp3) is 0.474. The first-order valence-electron chi connectivity index (χ1n) is 8.84. The first kappa shape index (κ1) is 16.1. The Hall–Kier alpha value is -2.34. The summed E-state index contributed by atoms with van der Waals surface area (Å²) >= 11 is 0. The van der Waals surface area contributed by atoms with Crippen molar-refractivity contribution in [2.24, 2.45) is 0 Å². The number of ether oxygens (including phenoxy) is 1. The summed E-state index contributed by atoms with van der Waals surface area (Å²) in [6, 6.07) is 10.2. The van der Waals surface area contributed by atoms with Gasteiger partial charge in [-0.2, -0.15) is 0 Å². The SMILES string of the molecule is CN(Cc1ccc(N2CCOCC2)cc1)C(=O)c1cc(C2CC2)on1. The van der Waals surface area contributed by atoms with Crippen molar-refractivity contribution in [1.82, 2.24) is 10.1 Å². The van der Waals surface area contributed by atoms with E-state index < -0.39 is 0 Å². The van der Waals surface area contributed by atoms with E-state index in [1.165, 1.54) is 5.69 Å². The van der Waals surface area contributed by atoms with E-state index in [0.717, 1.165) is 50.5 Å². The smallest absolute Gasteiger partial charge is 0.276 e. The Morgan fingerprint density at radius 3 is 2.64 bits per heavy atom. The van der Waals surface area contributed by atoms with Crippen LogP contribution < -0.4 is 4.90 Å². The summed E-state index contributed by atoms with van der Waals surface area (Å²) in [5, 5.41) is 3.93. The predicted octanol–water partition coefficient (Wildman–Crippen LogP) is 2.66. The number of carbonyl (C=O) groups is 1. The molecular formula is C19H23N3O3. The molecule has 2 fully saturated rings. The number of anilines is 1. The van der Waals surface area contributed by atoms with Gasteiger partial charge < -0.3 is 19.1 Å². The number of rotatable bonds is 5. The highest BCUT2D eigenvalue weighted by atomic mass is 16.5. The van der Waals surface area contributed by atoms with Crippen LogP contribution in [0.25, 0.3) is 0 Å². The van der Waals surface area contributed by atoms with E-state index in [0.29, 0.717) is 18.2 Å². The highest BCUT2D eigenvalue weighted by Gasteiger charge is 2.29. The van der Waals surface area contributed by atoms with Crippen molar-refractivity contribution in [3.8, 4) is 0 Å². The minimum Gasteiger partial charge on any atom is -0.378 e. The minimum atomic E-state index is -0.104. The normalized spacial score (nSPS) is 17.6. The van der Waals surface area contributed by atoms with Gasteiger partial charge in [-0.05, 0) is 30.5 Å². The molecule has 1 aromatic carbocycles. The first-order valence-corrected chi connectivity index (χ1v) is 8.84. The van der Waals surface area contributed by atoms with Gasteiger partial charge in [0, 0.05) is 44.4 Å². The van der Waals surface area contributed by atoms with Crippen molar-refractivity contribution in [2.45, 2.75) is 25.3 Å². The molecule has 25 heavy (non-hydrogen) atoms. The van der Waals surface area contributed by atoms with Crippen LogP contribution in [0.5, 0.6) is 0 Å². The molecule has 4 rings (SSSR count). The number of morpholine rings is 1. The lowest BCUT2D eigenvalue weighted by Gasteiger charge is -2.29. The Bertz CT molecular complexity index is 731. The quantitative estimate of drug-likeness (QED) is 0.837. The monoisotopic (exact) mass is 341 g/mol. The molecule has 0 N–H and O–H groups in total. The molecule has 1 aliphatic carbocycles. The van der Waals surface area contributed by atoms with Gasteiger partial charge in [-0.15, -0.1) is 0 Å². The molecule has 0 bridgehead atoms.